The number of carbonyl (C=O) groups excluding carboxylic acids is 1. The Morgan fingerprint density at radius 2 is 1.82 bits per heavy atom. The van der Waals surface area contributed by atoms with Crippen molar-refractivity contribution in [1.29, 1.82) is 0 Å². The highest BCUT2D eigenvalue weighted by atomic mass is 16.6. The molecule has 1 fully saturated rings. The highest BCUT2D eigenvalue weighted by molar-refractivity contribution is 6.07. The number of ether oxygens (including phenoxy) is 1. The van der Waals surface area contributed by atoms with E-state index in [4.69, 9.17) is 4.74 Å². The normalized spacial score (nSPS) is 23.1. The lowest BCUT2D eigenvalue weighted by atomic mass is 9.96. The van der Waals surface area contributed by atoms with Gasteiger partial charge in [0.15, 0.2) is 6.29 Å². The number of nitrogens with zero attached hydrogens (tertiary/aromatic N) is 3. The van der Waals surface area contributed by atoms with Crippen molar-refractivity contribution in [2.24, 2.45) is 7.05 Å². The second-order valence-electron chi connectivity index (χ2n) is 10.2. The van der Waals surface area contributed by atoms with Gasteiger partial charge in [-0.3, -0.25) is 4.79 Å². The Morgan fingerprint density at radius 3 is 2.58 bits per heavy atom. The average molecular weight is 543 g/mol. The van der Waals surface area contributed by atoms with Gasteiger partial charge >= 0.3 is 0 Å². The van der Waals surface area contributed by atoms with Crippen molar-refractivity contribution >= 4 is 27.6 Å². The molecule has 0 bridgehead atoms. The largest absolute Gasteiger partial charge is 0.394 e. The SMILES string of the molecule is Cn1ccnc1-c1ccc2c(C(=O)N[C@H]3C(O)O[C@H](CO)[C@@H](O)[C@@H]3O)cn(Cc3ccc4ccccc4c3)c2c1. The third-order valence-corrected chi connectivity index (χ3v) is 7.57. The molecule has 5 atom stereocenters. The number of hydrogen-bond acceptors (Lipinski definition) is 7. The van der Waals surface area contributed by atoms with Crippen LogP contribution in [0, 0.1) is 0 Å². The van der Waals surface area contributed by atoms with Crippen LogP contribution in [-0.4, -0.2) is 77.7 Å². The number of aromatic nitrogens is 3. The first-order valence-electron chi connectivity index (χ1n) is 13.0. The highest BCUT2D eigenvalue weighted by Gasteiger charge is 2.44. The number of aryl methyl sites for hydroxylation is 1. The van der Waals surface area contributed by atoms with Gasteiger partial charge in [0.2, 0.25) is 0 Å². The number of imidazole rings is 1. The zero-order valence-corrected chi connectivity index (χ0v) is 21.8. The summed E-state index contributed by atoms with van der Waals surface area (Å²) in [7, 11) is 1.91. The lowest BCUT2D eigenvalue weighted by Crippen LogP contribution is -2.64. The molecule has 1 aliphatic heterocycles. The van der Waals surface area contributed by atoms with Crippen LogP contribution in [-0.2, 0) is 18.3 Å². The van der Waals surface area contributed by atoms with E-state index in [1.54, 1.807) is 12.4 Å². The Kier molecular flexibility index (Phi) is 6.87. The van der Waals surface area contributed by atoms with Gasteiger partial charge < -0.3 is 39.6 Å². The first-order chi connectivity index (χ1) is 19.3. The number of hydrogen-bond donors (Lipinski definition) is 5. The van der Waals surface area contributed by atoms with E-state index in [-0.39, 0.29) is 0 Å². The smallest absolute Gasteiger partial charge is 0.253 e. The molecule has 1 unspecified atom stereocenters. The Bertz CT molecular complexity index is 1690. The summed E-state index contributed by atoms with van der Waals surface area (Å²) in [5.74, 6) is 0.234. The molecule has 6 rings (SSSR count). The molecule has 5 aromatic rings. The average Bonchev–Trinajstić information content (AvgIpc) is 3.55. The zero-order valence-electron chi connectivity index (χ0n) is 21.8. The van der Waals surface area contributed by atoms with Crippen LogP contribution in [0.3, 0.4) is 0 Å². The fourth-order valence-electron chi connectivity index (χ4n) is 5.40. The van der Waals surface area contributed by atoms with Gasteiger partial charge in [0.1, 0.15) is 30.2 Å². The number of rotatable bonds is 6. The predicted octanol–water partition coefficient (Wildman–Crippen LogP) is 1.77. The highest BCUT2D eigenvalue weighted by Crippen LogP contribution is 2.29. The number of carbonyl (C=O) groups is 1. The quantitative estimate of drug-likeness (QED) is 0.220. The fraction of sp³-hybridized carbons (Fsp3) is 0.267. The maximum Gasteiger partial charge on any atom is 0.253 e. The van der Waals surface area contributed by atoms with Crippen molar-refractivity contribution in [3.05, 3.63) is 90.4 Å². The first kappa shape index (κ1) is 26.2. The monoisotopic (exact) mass is 542 g/mol. The number of benzene rings is 3. The molecule has 0 spiro atoms. The van der Waals surface area contributed by atoms with E-state index in [1.807, 2.05) is 52.7 Å². The maximum atomic E-state index is 13.5. The first-order valence-corrected chi connectivity index (χ1v) is 13.0. The van der Waals surface area contributed by atoms with Crippen molar-refractivity contribution in [2.45, 2.75) is 37.2 Å². The van der Waals surface area contributed by atoms with E-state index in [0.717, 1.165) is 33.2 Å². The summed E-state index contributed by atoms with van der Waals surface area (Å²) >= 11 is 0. The molecular weight excluding hydrogens is 512 g/mol. The van der Waals surface area contributed by atoms with E-state index >= 15 is 0 Å². The van der Waals surface area contributed by atoms with E-state index in [1.165, 1.54) is 0 Å². The van der Waals surface area contributed by atoms with Crippen molar-refractivity contribution in [3.63, 3.8) is 0 Å². The second kappa shape index (κ2) is 10.5. The maximum absolute atomic E-state index is 13.5. The van der Waals surface area contributed by atoms with Crippen LogP contribution in [0.5, 0.6) is 0 Å². The van der Waals surface area contributed by atoms with Crippen LogP contribution < -0.4 is 5.32 Å². The van der Waals surface area contributed by atoms with Gasteiger partial charge in [-0.2, -0.15) is 0 Å². The molecule has 206 valence electrons. The van der Waals surface area contributed by atoms with Crippen LogP contribution in [0.1, 0.15) is 15.9 Å². The van der Waals surface area contributed by atoms with Gasteiger partial charge in [-0.1, -0.05) is 48.5 Å². The van der Waals surface area contributed by atoms with Crippen molar-refractivity contribution in [1.82, 2.24) is 19.4 Å². The van der Waals surface area contributed by atoms with Crippen LogP contribution in [0.15, 0.2) is 79.3 Å². The summed E-state index contributed by atoms with van der Waals surface area (Å²) in [5, 5.41) is 46.1. The molecule has 1 saturated heterocycles. The summed E-state index contributed by atoms with van der Waals surface area (Å²) in [4.78, 5) is 18.0. The Labute approximate surface area is 229 Å². The van der Waals surface area contributed by atoms with Gasteiger partial charge in [-0.15, -0.1) is 0 Å². The standard InChI is InChI=1S/C30H30N4O6/c1-33-11-10-31-28(33)20-8-9-21-22(29(38)32-25-27(37)26(36)24(16-35)40-30(25)39)15-34(23(21)13-20)14-17-6-7-18-4-2-3-5-19(18)12-17/h2-13,15,24-27,30,35-37,39H,14,16H2,1H3,(H,32,38)/t24-,25-,26-,27-,30?/m1/s1. The second-order valence-corrected chi connectivity index (χ2v) is 10.2. The molecule has 3 aromatic carbocycles. The van der Waals surface area contributed by atoms with Crippen LogP contribution in [0.4, 0.5) is 0 Å². The molecule has 5 N–H and O–H groups in total. The minimum atomic E-state index is -1.61. The molecule has 40 heavy (non-hydrogen) atoms. The molecule has 1 aliphatic rings. The van der Waals surface area contributed by atoms with E-state index in [0.29, 0.717) is 17.5 Å². The Morgan fingerprint density at radius 1 is 1.02 bits per heavy atom. The number of aliphatic hydroxyl groups is 4. The van der Waals surface area contributed by atoms with Crippen molar-refractivity contribution in [3.8, 4) is 11.4 Å². The van der Waals surface area contributed by atoms with Gasteiger partial charge in [0.25, 0.3) is 5.91 Å². The molecule has 3 heterocycles. The topological polar surface area (TPSA) is 142 Å². The van der Waals surface area contributed by atoms with Crippen LogP contribution in [0.2, 0.25) is 0 Å². The predicted molar refractivity (Wildman–Crippen MR) is 148 cm³/mol. The van der Waals surface area contributed by atoms with E-state index in [9.17, 15) is 25.2 Å². The van der Waals surface area contributed by atoms with Crippen molar-refractivity contribution < 1.29 is 30.0 Å². The fourth-order valence-corrected chi connectivity index (χ4v) is 5.40. The minimum Gasteiger partial charge on any atom is -0.394 e. The molecule has 0 aliphatic carbocycles. The Balaban J connectivity index is 1.38. The van der Waals surface area contributed by atoms with Crippen molar-refractivity contribution in [2.75, 3.05) is 6.61 Å². The lowest BCUT2D eigenvalue weighted by molar-refractivity contribution is -0.252. The summed E-state index contributed by atoms with van der Waals surface area (Å²) in [6.07, 6.45) is -0.450. The Hall–Kier alpha value is -4.06. The number of fused-ring (bicyclic) bond motifs is 2. The molecular formula is C30H30N4O6. The summed E-state index contributed by atoms with van der Waals surface area (Å²) in [5.41, 5.74) is 3.07. The summed E-state index contributed by atoms with van der Waals surface area (Å²) in [6, 6.07) is 18.8. The number of aliphatic hydroxyl groups excluding tert-OH is 4. The molecule has 0 radical (unpaired) electrons. The van der Waals surface area contributed by atoms with Gasteiger partial charge in [0, 0.05) is 48.6 Å². The third-order valence-electron chi connectivity index (χ3n) is 7.57. The molecule has 0 saturated carbocycles. The van der Waals surface area contributed by atoms with Gasteiger partial charge in [0.05, 0.1) is 12.2 Å². The van der Waals surface area contributed by atoms with E-state index < -0.39 is 43.2 Å². The lowest BCUT2D eigenvalue weighted by Gasteiger charge is -2.40. The summed E-state index contributed by atoms with van der Waals surface area (Å²) in [6.45, 7) is -0.0934. The zero-order chi connectivity index (χ0) is 28.0. The number of amides is 1. The molecule has 1 amide bonds. The molecule has 10 nitrogen and oxygen atoms in total. The molecule has 10 heteroatoms. The summed E-state index contributed by atoms with van der Waals surface area (Å²) < 4.78 is 9.12. The van der Waals surface area contributed by atoms with Crippen LogP contribution in [0.25, 0.3) is 33.1 Å². The van der Waals surface area contributed by atoms with Crippen LogP contribution >= 0.6 is 0 Å². The number of nitrogens with one attached hydrogen (secondary N) is 1. The minimum absolute atomic E-state index is 0.334. The third kappa shape index (κ3) is 4.66. The van der Waals surface area contributed by atoms with Gasteiger partial charge in [-0.25, -0.2) is 4.98 Å². The van der Waals surface area contributed by atoms with Gasteiger partial charge in [-0.05, 0) is 28.5 Å². The van der Waals surface area contributed by atoms with E-state index in [2.05, 4.69) is 40.6 Å². The molecule has 2 aromatic heterocycles.